The molecule has 0 aliphatic heterocycles. The van der Waals surface area contributed by atoms with Gasteiger partial charge in [0.25, 0.3) is 0 Å². The Morgan fingerprint density at radius 3 is 2.67 bits per heavy atom. The molecule has 3 saturated carbocycles. The summed E-state index contributed by atoms with van der Waals surface area (Å²) in [6.45, 7) is 0. The predicted molar refractivity (Wildman–Crippen MR) is 62.3 cm³/mol. The number of anilines is 1. The van der Waals surface area contributed by atoms with E-state index in [2.05, 4.69) is 10.3 Å². The van der Waals surface area contributed by atoms with Crippen LogP contribution >= 0.6 is 22.9 Å². The Labute approximate surface area is 98.0 Å². The first-order valence-electron chi connectivity index (χ1n) is 5.70. The first-order valence-corrected chi connectivity index (χ1v) is 6.96. The Morgan fingerprint density at radius 2 is 2.07 bits per heavy atom. The molecule has 0 spiro atoms. The van der Waals surface area contributed by atoms with Crippen LogP contribution in [0.4, 0.5) is 5.13 Å². The van der Waals surface area contributed by atoms with Crippen molar-refractivity contribution in [2.75, 3.05) is 5.32 Å². The molecule has 0 radical (unpaired) electrons. The van der Waals surface area contributed by atoms with E-state index < -0.39 is 0 Å². The van der Waals surface area contributed by atoms with Gasteiger partial charge in [-0.3, -0.25) is 0 Å². The summed E-state index contributed by atoms with van der Waals surface area (Å²) in [5.74, 6) is 3.97. The molecule has 3 aliphatic carbocycles. The smallest absolute Gasteiger partial charge is 0.184 e. The number of thiazole rings is 1. The summed E-state index contributed by atoms with van der Waals surface area (Å²) in [6.07, 6.45) is 4.46. The number of nitrogens with one attached hydrogen (secondary N) is 1. The van der Waals surface area contributed by atoms with Gasteiger partial charge in [-0.15, -0.1) is 11.3 Å². The van der Waals surface area contributed by atoms with E-state index >= 15 is 0 Å². The Hall–Kier alpha value is -0.280. The van der Waals surface area contributed by atoms with Gasteiger partial charge in [0.1, 0.15) is 5.15 Å². The van der Waals surface area contributed by atoms with Crippen LogP contribution in [0.15, 0.2) is 5.38 Å². The third-order valence-corrected chi connectivity index (χ3v) is 5.60. The van der Waals surface area contributed by atoms with E-state index in [0.29, 0.717) is 5.15 Å². The monoisotopic (exact) mass is 240 g/mol. The molecular formula is C11H13ClN2S. The molecule has 3 aliphatic rings. The van der Waals surface area contributed by atoms with Crippen LogP contribution in [0.25, 0.3) is 0 Å². The van der Waals surface area contributed by atoms with E-state index in [1.165, 1.54) is 19.3 Å². The van der Waals surface area contributed by atoms with E-state index in [4.69, 9.17) is 11.6 Å². The fourth-order valence-electron chi connectivity index (χ4n) is 3.98. The standard InChI is InChI=1S/C11H13ClN2S/c12-7-4-15-11(13-7)14-10-8-5-1-2-6(3-5)9(8)10/h4-6,8-10H,1-3H2,(H,13,14). The normalized spacial score (nSPS) is 45.5. The van der Waals surface area contributed by atoms with Crippen molar-refractivity contribution in [2.45, 2.75) is 25.3 Å². The van der Waals surface area contributed by atoms with E-state index in [9.17, 15) is 0 Å². The minimum absolute atomic E-state index is 0.622. The molecule has 4 atom stereocenters. The number of fused-ring (bicyclic) bond motifs is 5. The van der Waals surface area contributed by atoms with Crippen molar-refractivity contribution in [3.05, 3.63) is 10.5 Å². The van der Waals surface area contributed by atoms with Crippen LogP contribution in [0.5, 0.6) is 0 Å². The molecule has 2 bridgehead atoms. The SMILES string of the molecule is Clc1csc(NC2C3C4CCC(C4)C23)n1. The number of hydrogen-bond donors (Lipinski definition) is 1. The zero-order chi connectivity index (χ0) is 9.99. The number of halogens is 1. The Balaban J connectivity index is 1.50. The zero-order valence-corrected chi connectivity index (χ0v) is 9.89. The van der Waals surface area contributed by atoms with Gasteiger partial charge in [-0.05, 0) is 42.9 Å². The van der Waals surface area contributed by atoms with E-state index in [-0.39, 0.29) is 0 Å². The van der Waals surface area contributed by atoms with Crippen LogP contribution < -0.4 is 5.32 Å². The van der Waals surface area contributed by atoms with Gasteiger partial charge >= 0.3 is 0 Å². The van der Waals surface area contributed by atoms with Crippen LogP contribution in [-0.4, -0.2) is 11.0 Å². The van der Waals surface area contributed by atoms with Gasteiger partial charge in [-0.2, -0.15) is 0 Å². The van der Waals surface area contributed by atoms with Gasteiger partial charge < -0.3 is 5.32 Å². The topological polar surface area (TPSA) is 24.9 Å². The molecule has 80 valence electrons. The van der Waals surface area contributed by atoms with Crippen LogP contribution in [0.2, 0.25) is 5.15 Å². The van der Waals surface area contributed by atoms with Crippen molar-refractivity contribution in [1.29, 1.82) is 0 Å². The molecule has 1 aromatic rings. The minimum atomic E-state index is 0.622. The van der Waals surface area contributed by atoms with Gasteiger partial charge in [-0.1, -0.05) is 11.6 Å². The highest BCUT2D eigenvalue weighted by atomic mass is 35.5. The lowest BCUT2D eigenvalue weighted by Gasteiger charge is -2.08. The largest absolute Gasteiger partial charge is 0.358 e. The molecule has 2 nitrogen and oxygen atoms in total. The second-order valence-electron chi connectivity index (χ2n) is 5.13. The van der Waals surface area contributed by atoms with Crippen LogP contribution in [0.1, 0.15) is 19.3 Å². The fourth-order valence-corrected chi connectivity index (χ4v) is 4.87. The molecule has 3 fully saturated rings. The van der Waals surface area contributed by atoms with Crippen molar-refractivity contribution in [3.63, 3.8) is 0 Å². The van der Waals surface area contributed by atoms with E-state index in [1.54, 1.807) is 11.3 Å². The molecule has 4 unspecified atom stereocenters. The molecule has 1 aromatic heterocycles. The summed E-state index contributed by atoms with van der Waals surface area (Å²) in [5.41, 5.74) is 0. The zero-order valence-electron chi connectivity index (χ0n) is 8.32. The van der Waals surface area contributed by atoms with Crippen molar-refractivity contribution < 1.29 is 0 Å². The van der Waals surface area contributed by atoms with Gasteiger partial charge in [0.15, 0.2) is 5.13 Å². The van der Waals surface area contributed by atoms with Crippen molar-refractivity contribution in [3.8, 4) is 0 Å². The van der Waals surface area contributed by atoms with Gasteiger partial charge in [0, 0.05) is 11.4 Å². The highest BCUT2D eigenvalue weighted by Gasteiger charge is 2.65. The lowest BCUT2D eigenvalue weighted by atomic mass is 10.0. The Bertz CT molecular complexity index is 389. The molecule has 15 heavy (non-hydrogen) atoms. The number of aromatic nitrogens is 1. The van der Waals surface area contributed by atoms with Crippen LogP contribution in [0, 0.1) is 23.7 Å². The van der Waals surface area contributed by atoms with Crippen LogP contribution in [-0.2, 0) is 0 Å². The number of hydrogen-bond acceptors (Lipinski definition) is 3. The highest BCUT2D eigenvalue weighted by molar-refractivity contribution is 7.14. The molecule has 0 amide bonds. The molecule has 1 heterocycles. The first kappa shape index (κ1) is 8.82. The molecule has 0 saturated heterocycles. The number of rotatable bonds is 2. The summed E-state index contributed by atoms with van der Waals surface area (Å²) >= 11 is 7.44. The molecule has 0 aromatic carbocycles. The maximum absolute atomic E-state index is 5.81. The van der Waals surface area contributed by atoms with Crippen molar-refractivity contribution >= 4 is 28.1 Å². The van der Waals surface area contributed by atoms with Gasteiger partial charge in [-0.25, -0.2) is 4.98 Å². The van der Waals surface area contributed by atoms with Gasteiger partial charge in [0.2, 0.25) is 0 Å². The average Bonchev–Trinajstić information content (AvgIpc) is 2.62. The molecule has 1 N–H and O–H groups in total. The van der Waals surface area contributed by atoms with Gasteiger partial charge in [0.05, 0.1) is 0 Å². The third-order valence-electron chi connectivity index (χ3n) is 4.50. The maximum Gasteiger partial charge on any atom is 0.184 e. The summed E-state index contributed by atoms with van der Waals surface area (Å²) in [4.78, 5) is 4.26. The third kappa shape index (κ3) is 1.19. The summed E-state index contributed by atoms with van der Waals surface area (Å²) in [5, 5.41) is 7.10. The molecule has 4 rings (SSSR count). The van der Waals surface area contributed by atoms with E-state index in [0.717, 1.165) is 34.8 Å². The second kappa shape index (κ2) is 2.89. The highest BCUT2D eigenvalue weighted by Crippen LogP contribution is 2.66. The Kier molecular flexibility index (Phi) is 1.70. The molecule has 4 heteroatoms. The van der Waals surface area contributed by atoms with Crippen molar-refractivity contribution in [1.82, 2.24) is 4.98 Å². The maximum atomic E-state index is 5.81. The lowest BCUT2D eigenvalue weighted by Crippen LogP contribution is -2.12. The average molecular weight is 241 g/mol. The Morgan fingerprint density at radius 1 is 1.33 bits per heavy atom. The quantitative estimate of drug-likeness (QED) is 0.859. The second-order valence-corrected chi connectivity index (χ2v) is 6.38. The summed E-state index contributed by atoms with van der Waals surface area (Å²) < 4.78 is 0. The van der Waals surface area contributed by atoms with Crippen molar-refractivity contribution in [2.24, 2.45) is 23.7 Å². The summed E-state index contributed by atoms with van der Waals surface area (Å²) in [7, 11) is 0. The predicted octanol–water partition coefficient (Wildman–Crippen LogP) is 3.25. The fraction of sp³-hybridized carbons (Fsp3) is 0.727. The van der Waals surface area contributed by atoms with E-state index in [1.807, 2.05) is 5.38 Å². The summed E-state index contributed by atoms with van der Waals surface area (Å²) in [6, 6.07) is 0.721. The van der Waals surface area contributed by atoms with Crippen LogP contribution in [0.3, 0.4) is 0 Å². The minimum Gasteiger partial charge on any atom is -0.358 e. The lowest BCUT2D eigenvalue weighted by molar-refractivity contribution is 0.456. The number of nitrogens with zero attached hydrogens (tertiary/aromatic N) is 1. The first-order chi connectivity index (χ1) is 7.33. The molecular weight excluding hydrogens is 228 g/mol.